The third-order valence-corrected chi connectivity index (χ3v) is 2.35. The van der Waals surface area contributed by atoms with Crippen LogP contribution in [0.3, 0.4) is 0 Å². The summed E-state index contributed by atoms with van der Waals surface area (Å²) in [5.41, 5.74) is 0.958. The summed E-state index contributed by atoms with van der Waals surface area (Å²) in [6.07, 6.45) is 0.164. The standard InChI is InChI=1S/C12H19NO3/c1-9(14-2)8-13-10-5-11(15-3)7-12(6-10)16-4/h5-7,9,13H,8H2,1-4H3. The van der Waals surface area contributed by atoms with Gasteiger partial charge in [0.1, 0.15) is 11.5 Å². The van der Waals surface area contributed by atoms with Crippen molar-refractivity contribution in [2.24, 2.45) is 0 Å². The van der Waals surface area contributed by atoms with Gasteiger partial charge < -0.3 is 19.5 Å². The van der Waals surface area contributed by atoms with Gasteiger partial charge in [-0.2, -0.15) is 0 Å². The van der Waals surface area contributed by atoms with E-state index in [9.17, 15) is 0 Å². The molecular weight excluding hydrogens is 206 g/mol. The van der Waals surface area contributed by atoms with Crippen LogP contribution in [0.4, 0.5) is 5.69 Å². The highest BCUT2D eigenvalue weighted by Gasteiger charge is 2.03. The average Bonchev–Trinajstić information content (AvgIpc) is 2.35. The predicted octanol–water partition coefficient (Wildman–Crippen LogP) is 2.15. The Bertz CT molecular complexity index is 306. The lowest BCUT2D eigenvalue weighted by atomic mass is 10.2. The summed E-state index contributed by atoms with van der Waals surface area (Å²) < 4.78 is 15.5. The van der Waals surface area contributed by atoms with Crippen LogP contribution in [0.25, 0.3) is 0 Å². The molecule has 0 saturated carbocycles. The van der Waals surface area contributed by atoms with Gasteiger partial charge in [-0.15, -0.1) is 0 Å². The summed E-state index contributed by atoms with van der Waals surface area (Å²) in [7, 11) is 4.96. The van der Waals surface area contributed by atoms with E-state index in [-0.39, 0.29) is 6.10 Å². The largest absolute Gasteiger partial charge is 0.497 e. The SMILES string of the molecule is COc1cc(NCC(C)OC)cc(OC)c1. The zero-order valence-electron chi connectivity index (χ0n) is 10.2. The van der Waals surface area contributed by atoms with E-state index in [4.69, 9.17) is 14.2 Å². The smallest absolute Gasteiger partial charge is 0.124 e. The molecule has 0 bridgehead atoms. The lowest BCUT2D eigenvalue weighted by Crippen LogP contribution is -2.18. The van der Waals surface area contributed by atoms with Crippen LogP contribution >= 0.6 is 0 Å². The number of nitrogens with one attached hydrogen (secondary N) is 1. The fourth-order valence-electron chi connectivity index (χ4n) is 1.25. The van der Waals surface area contributed by atoms with Crippen molar-refractivity contribution in [1.29, 1.82) is 0 Å². The maximum Gasteiger partial charge on any atom is 0.124 e. The van der Waals surface area contributed by atoms with Crippen LogP contribution < -0.4 is 14.8 Å². The summed E-state index contributed by atoms with van der Waals surface area (Å²) in [5.74, 6) is 1.54. The second-order valence-electron chi connectivity index (χ2n) is 3.53. The first-order valence-corrected chi connectivity index (χ1v) is 5.19. The first-order valence-electron chi connectivity index (χ1n) is 5.19. The Morgan fingerprint density at radius 3 is 2.06 bits per heavy atom. The highest BCUT2D eigenvalue weighted by Crippen LogP contribution is 2.25. The Labute approximate surface area is 96.5 Å². The van der Waals surface area contributed by atoms with Crippen LogP contribution in [0.1, 0.15) is 6.92 Å². The molecule has 1 aromatic rings. The molecule has 0 aliphatic rings. The van der Waals surface area contributed by atoms with Crippen LogP contribution in [0, 0.1) is 0 Å². The van der Waals surface area contributed by atoms with Gasteiger partial charge in [0.05, 0.1) is 20.3 Å². The van der Waals surface area contributed by atoms with E-state index in [0.717, 1.165) is 23.7 Å². The van der Waals surface area contributed by atoms with Crippen molar-refractivity contribution in [2.45, 2.75) is 13.0 Å². The minimum Gasteiger partial charge on any atom is -0.497 e. The Morgan fingerprint density at radius 1 is 1.06 bits per heavy atom. The molecule has 90 valence electrons. The fraction of sp³-hybridized carbons (Fsp3) is 0.500. The first kappa shape index (κ1) is 12.6. The first-order chi connectivity index (χ1) is 7.69. The van der Waals surface area contributed by atoms with E-state index in [1.807, 2.05) is 25.1 Å². The molecule has 0 aliphatic heterocycles. The van der Waals surface area contributed by atoms with E-state index >= 15 is 0 Å². The molecule has 1 N–H and O–H groups in total. The summed E-state index contributed by atoms with van der Waals surface area (Å²) in [6, 6.07) is 5.68. The van der Waals surface area contributed by atoms with E-state index in [1.165, 1.54) is 0 Å². The fourth-order valence-corrected chi connectivity index (χ4v) is 1.25. The highest BCUT2D eigenvalue weighted by atomic mass is 16.5. The minimum absolute atomic E-state index is 0.164. The molecule has 0 amide bonds. The average molecular weight is 225 g/mol. The van der Waals surface area contributed by atoms with Gasteiger partial charge in [0.25, 0.3) is 0 Å². The number of rotatable bonds is 6. The highest BCUT2D eigenvalue weighted by molar-refractivity contribution is 5.53. The molecule has 0 aromatic heterocycles. The number of anilines is 1. The molecular formula is C12H19NO3. The molecule has 4 nitrogen and oxygen atoms in total. The number of ether oxygens (including phenoxy) is 3. The minimum atomic E-state index is 0.164. The van der Waals surface area contributed by atoms with Gasteiger partial charge in [-0.05, 0) is 6.92 Å². The maximum atomic E-state index is 5.18. The van der Waals surface area contributed by atoms with Crippen molar-refractivity contribution in [1.82, 2.24) is 0 Å². The lowest BCUT2D eigenvalue weighted by Gasteiger charge is -2.13. The van der Waals surface area contributed by atoms with Crippen LogP contribution in [-0.2, 0) is 4.74 Å². The van der Waals surface area contributed by atoms with Gasteiger partial charge in [-0.1, -0.05) is 0 Å². The van der Waals surface area contributed by atoms with Crippen molar-refractivity contribution in [3.63, 3.8) is 0 Å². The molecule has 1 unspecified atom stereocenters. The summed E-state index contributed by atoms with van der Waals surface area (Å²) >= 11 is 0. The quantitative estimate of drug-likeness (QED) is 0.805. The van der Waals surface area contributed by atoms with E-state index in [0.29, 0.717) is 0 Å². The van der Waals surface area contributed by atoms with Gasteiger partial charge in [-0.3, -0.25) is 0 Å². The summed E-state index contributed by atoms with van der Waals surface area (Å²) in [5, 5.41) is 3.26. The topological polar surface area (TPSA) is 39.7 Å². The van der Waals surface area contributed by atoms with Gasteiger partial charge in [-0.25, -0.2) is 0 Å². The van der Waals surface area contributed by atoms with Crippen LogP contribution in [0.5, 0.6) is 11.5 Å². The van der Waals surface area contributed by atoms with Crippen molar-refractivity contribution in [2.75, 3.05) is 33.2 Å². The van der Waals surface area contributed by atoms with Crippen LogP contribution in [0.2, 0.25) is 0 Å². The van der Waals surface area contributed by atoms with Crippen molar-refractivity contribution in [3.05, 3.63) is 18.2 Å². The van der Waals surface area contributed by atoms with E-state index in [2.05, 4.69) is 5.32 Å². The molecule has 0 spiro atoms. The van der Waals surface area contributed by atoms with Crippen molar-refractivity contribution in [3.8, 4) is 11.5 Å². The van der Waals surface area contributed by atoms with Gasteiger partial charge >= 0.3 is 0 Å². The molecule has 0 saturated heterocycles. The van der Waals surface area contributed by atoms with Crippen molar-refractivity contribution < 1.29 is 14.2 Å². The second kappa shape index (κ2) is 6.23. The monoisotopic (exact) mass is 225 g/mol. The molecule has 0 aliphatic carbocycles. The van der Waals surface area contributed by atoms with Gasteiger partial charge in [0.15, 0.2) is 0 Å². The van der Waals surface area contributed by atoms with Crippen LogP contribution in [0.15, 0.2) is 18.2 Å². The predicted molar refractivity (Wildman–Crippen MR) is 64.5 cm³/mol. The van der Waals surface area contributed by atoms with Crippen molar-refractivity contribution >= 4 is 5.69 Å². The van der Waals surface area contributed by atoms with E-state index in [1.54, 1.807) is 21.3 Å². The molecule has 1 aromatic carbocycles. The molecule has 0 fully saturated rings. The zero-order valence-corrected chi connectivity index (χ0v) is 10.2. The molecule has 1 rings (SSSR count). The Kier molecular flexibility index (Phi) is 4.92. The molecule has 16 heavy (non-hydrogen) atoms. The van der Waals surface area contributed by atoms with Gasteiger partial charge in [0.2, 0.25) is 0 Å². The number of benzene rings is 1. The third-order valence-electron chi connectivity index (χ3n) is 2.35. The molecule has 4 heteroatoms. The third kappa shape index (κ3) is 3.62. The Morgan fingerprint density at radius 2 is 1.62 bits per heavy atom. The summed E-state index contributed by atoms with van der Waals surface area (Å²) in [6.45, 7) is 2.75. The van der Waals surface area contributed by atoms with Crippen LogP contribution in [-0.4, -0.2) is 34.0 Å². The number of hydrogen-bond donors (Lipinski definition) is 1. The zero-order chi connectivity index (χ0) is 12.0. The Balaban J connectivity index is 2.71. The maximum absolute atomic E-state index is 5.18. The molecule has 0 radical (unpaired) electrons. The lowest BCUT2D eigenvalue weighted by molar-refractivity contribution is 0.129. The number of methoxy groups -OCH3 is 3. The Hall–Kier alpha value is -1.42. The number of hydrogen-bond acceptors (Lipinski definition) is 4. The van der Waals surface area contributed by atoms with E-state index < -0.39 is 0 Å². The van der Waals surface area contributed by atoms with Gasteiger partial charge in [0, 0.05) is 37.5 Å². The molecule has 0 heterocycles. The second-order valence-corrected chi connectivity index (χ2v) is 3.53. The summed E-state index contributed by atoms with van der Waals surface area (Å²) in [4.78, 5) is 0. The normalized spacial score (nSPS) is 12.0. The molecule has 1 atom stereocenters.